The van der Waals surface area contributed by atoms with Crippen LogP contribution in [0.5, 0.6) is 0 Å². The molecule has 0 bridgehead atoms. The highest BCUT2D eigenvalue weighted by molar-refractivity contribution is 9.10. The molecule has 1 atom stereocenters. The summed E-state index contributed by atoms with van der Waals surface area (Å²) >= 11 is 3.39. The molecule has 148 valence electrons. The van der Waals surface area contributed by atoms with Gasteiger partial charge in [-0.2, -0.15) is 0 Å². The number of aliphatic hydroxyl groups is 1. The first-order valence-corrected chi connectivity index (χ1v) is 9.82. The van der Waals surface area contributed by atoms with Crippen LogP contribution in [-0.4, -0.2) is 42.0 Å². The average molecular weight is 456 g/mol. The number of halogens is 1. The number of fused-ring (bicyclic) bond motifs is 1. The SMILES string of the molecule is COCCN1C(=O)C(O)=C(C(=O)c2cc3ccccc3o2)C1c1ccc(Br)cc1. The average Bonchev–Trinajstić information content (AvgIpc) is 3.26. The van der Waals surface area contributed by atoms with Crippen molar-refractivity contribution in [2.45, 2.75) is 6.04 Å². The number of carbonyl (C=O) groups is 2. The number of benzene rings is 2. The molecular formula is C22H18BrNO5. The van der Waals surface area contributed by atoms with Crippen LogP contribution in [0.2, 0.25) is 0 Å². The summed E-state index contributed by atoms with van der Waals surface area (Å²) in [4.78, 5) is 27.5. The number of hydrogen-bond donors (Lipinski definition) is 1. The molecule has 1 N–H and O–H groups in total. The van der Waals surface area contributed by atoms with Crippen molar-refractivity contribution in [3.8, 4) is 0 Å². The predicted octanol–water partition coefficient (Wildman–Crippen LogP) is 4.42. The first kappa shape index (κ1) is 19.4. The second-order valence-corrected chi connectivity index (χ2v) is 7.60. The summed E-state index contributed by atoms with van der Waals surface area (Å²) in [5.74, 6) is -1.59. The lowest BCUT2D eigenvalue weighted by Gasteiger charge is -2.26. The van der Waals surface area contributed by atoms with Crippen molar-refractivity contribution in [3.63, 3.8) is 0 Å². The van der Waals surface area contributed by atoms with Crippen LogP contribution in [0.1, 0.15) is 22.2 Å². The Hall–Kier alpha value is -2.90. The molecule has 0 aliphatic carbocycles. The molecule has 4 rings (SSSR count). The van der Waals surface area contributed by atoms with Gasteiger partial charge in [0.05, 0.1) is 18.2 Å². The summed E-state index contributed by atoms with van der Waals surface area (Å²) in [6, 6.07) is 15.4. The van der Waals surface area contributed by atoms with Gasteiger partial charge in [-0.05, 0) is 29.8 Å². The van der Waals surface area contributed by atoms with Gasteiger partial charge in [-0.15, -0.1) is 0 Å². The van der Waals surface area contributed by atoms with Crippen LogP contribution in [0.25, 0.3) is 11.0 Å². The number of ketones is 1. The number of ether oxygens (including phenoxy) is 1. The van der Waals surface area contributed by atoms with E-state index in [0.29, 0.717) is 11.1 Å². The lowest BCUT2D eigenvalue weighted by atomic mass is 9.95. The normalized spacial score (nSPS) is 16.8. The Labute approximate surface area is 175 Å². The van der Waals surface area contributed by atoms with E-state index in [1.54, 1.807) is 12.1 Å². The number of hydrogen-bond acceptors (Lipinski definition) is 5. The maximum Gasteiger partial charge on any atom is 0.290 e. The van der Waals surface area contributed by atoms with Crippen molar-refractivity contribution < 1.29 is 23.8 Å². The van der Waals surface area contributed by atoms with Crippen molar-refractivity contribution in [1.82, 2.24) is 4.90 Å². The third kappa shape index (κ3) is 3.47. The minimum Gasteiger partial charge on any atom is -0.503 e. The Morgan fingerprint density at radius 2 is 1.93 bits per heavy atom. The highest BCUT2D eigenvalue weighted by Crippen LogP contribution is 2.39. The molecule has 29 heavy (non-hydrogen) atoms. The van der Waals surface area contributed by atoms with Crippen molar-refractivity contribution in [2.24, 2.45) is 0 Å². The molecule has 1 amide bonds. The molecule has 6 nitrogen and oxygen atoms in total. The van der Waals surface area contributed by atoms with Gasteiger partial charge in [0.15, 0.2) is 11.5 Å². The van der Waals surface area contributed by atoms with E-state index in [4.69, 9.17) is 9.15 Å². The molecule has 3 aromatic rings. The topological polar surface area (TPSA) is 80.0 Å². The number of Topliss-reactive ketones (excluding diaryl/α,β-unsaturated/α-hetero) is 1. The Kier molecular flexibility index (Phi) is 5.25. The zero-order valence-corrected chi connectivity index (χ0v) is 17.2. The van der Waals surface area contributed by atoms with E-state index in [9.17, 15) is 14.7 Å². The predicted molar refractivity (Wildman–Crippen MR) is 111 cm³/mol. The Balaban J connectivity index is 1.79. The third-order valence-electron chi connectivity index (χ3n) is 4.92. The molecule has 2 heterocycles. The fourth-order valence-electron chi connectivity index (χ4n) is 3.52. The van der Waals surface area contributed by atoms with Gasteiger partial charge in [-0.3, -0.25) is 9.59 Å². The van der Waals surface area contributed by atoms with Gasteiger partial charge in [0.2, 0.25) is 5.78 Å². The van der Waals surface area contributed by atoms with Gasteiger partial charge in [-0.25, -0.2) is 0 Å². The maximum atomic E-state index is 13.3. The second kappa shape index (κ2) is 7.85. The number of aliphatic hydroxyl groups excluding tert-OH is 1. The van der Waals surface area contributed by atoms with Crippen molar-refractivity contribution >= 4 is 38.6 Å². The Morgan fingerprint density at radius 1 is 1.21 bits per heavy atom. The monoisotopic (exact) mass is 455 g/mol. The van der Waals surface area contributed by atoms with Gasteiger partial charge in [-0.1, -0.05) is 46.3 Å². The van der Waals surface area contributed by atoms with Crippen LogP contribution in [0.15, 0.2) is 74.8 Å². The van der Waals surface area contributed by atoms with Crippen LogP contribution < -0.4 is 0 Å². The van der Waals surface area contributed by atoms with Crippen molar-refractivity contribution in [2.75, 3.05) is 20.3 Å². The quantitative estimate of drug-likeness (QED) is 0.556. The number of carbonyl (C=O) groups excluding carboxylic acids is 2. The molecule has 2 aromatic carbocycles. The van der Waals surface area contributed by atoms with Crippen LogP contribution >= 0.6 is 15.9 Å². The highest BCUT2D eigenvalue weighted by atomic mass is 79.9. The molecular weight excluding hydrogens is 438 g/mol. The first-order valence-electron chi connectivity index (χ1n) is 9.03. The van der Waals surface area contributed by atoms with E-state index in [1.807, 2.05) is 42.5 Å². The molecule has 1 aliphatic rings. The zero-order chi connectivity index (χ0) is 20.5. The summed E-state index contributed by atoms with van der Waals surface area (Å²) in [5.41, 5.74) is 1.28. The summed E-state index contributed by atoms with van der Waals surface area (Å²) < 4.78 is 11.7. The zero-order valence-electron chi connectivity index (χ0n) is 15.6. The molecule has 7 heteroatoms. The minimum absolute atomic E-state index is 0.00693. The lowest BCUT2D eigenvalue weighted by Crippen LogP contribution is -2.33. The van der Waals surface area contributed by atoms with E-state index in [0.717, 1.165) is 9.86 Å². The van der Waals surface area contributed by atoms with E-state index in [2.05, 4.69) is 15.9 Å². The Morgan fingerprint density at radius 3 is 2.62 bits per heavy atom. The minimum atomic E-state index is -0.730. The van der Waals surface area contributed by atoms with Crippen LogP contribution in [0, 0.1) is 0 Å². The van der Waals surface area contributed by atoms with Gasteiger partial charge in [0.1, 0.15) is 5.58 Å². The fourth-order valence-corrected chi connectivity index (χ4v) is 3.79. The summed E-state index contributed by atoms with van der Waals surface area (Å²) in [6.45, 7) is 0.509. The van der Waals surface area contributed by atoms with Gasteiger partial charge in [0, 0.05) is 23.5 Å². The lowest BCUT2D eigenvalue weighted by molar-refractivity contribution is -0.130. The molecule has 1 aliphatic heterocycles. The number of nitrogens with zero attached hydrogens (tertiary/aromatic N) is 1. The van der Waals surface area contributed by atoms with Crippen LogP contribution in [-0.2, 0) is 9.53 Å². The smallest absolute Gasteiger partial charge is 0.290 e. The van der Waals surface area contributed by atoms with Crippen LogP contribution in [0.4, 0.5) is 0 Å². The number of para-hydroxylation sites is 1. The number of furan rings is 1. The molecule has 0 saturated heterocycles. The van der Waals surface area contributed by atoms with Gasteiger partial charge in [0.25, 0.3) is 5.91 Å². The summed E-state index contributed by atoms with van der Waals surface area (Å²) in [7, 11) is 1.53. The third-order valence-corrected chi connectivity index (χ3v) is 5.45. The number of rotatable bonds is 6. The number of amides is 1. The summed E-state index contributed by atoms with van der Waals surface area (Å²) in [5, 5.41) is 11.4. The second-order valence-electron chi connectivity index (χ2n) is 6.69. The standard InChI is InChI=1S/C22H18BrNO5/c1-28-11-10-24-19(13-6-8-15(23)9-7-13)18(21(26)22(24)27)20(25)17-12-14-4-2-3-5-16(14)29-17/h2-9,12,19,26H,10-11H2,1H3. The summed E-state index contributed by atoms with van der Waals surface area (Å²) in [6.07, 6.45) is 0. The first-order chi connectivity index (χ1) is 14.0. The molecule has 0 radical (unpaired) electrons. The van der Waals surface area contributed by atoms with E-state index in [1.165, 1.54) is 12.0 Å². The van der Waals surface area contributed by atoms with Gasteiger partial charge < -0.3 is 19.2 Å². The van der Waals surface area contributed by atoms with E-state index in [-0.39, 0.29) is 24.5 Å². The highest BCUT2D eigenvalue weighted by Gasteiger charge is 2.44. The van der Waals surface area contributed by atoms with Crippen LogP contribution in [0.3, 0.4) is 0 Å². The van der Waals surface area contributed by atoms with Gasteiger partial charge >= 0.3 is 0 Å². The van der Waals surface area contributed by atoms with Crippen molar-refractivity contribution in [1.29, 1.82) is 0 Å². The molecule has 1 unspecified atom stereocenters. The molecule has 0 spiro atoms. The van der Waals surface area contributed by atoms with E-state index < -0.39 is 23.5 Å². The fraction of sp³-hybridized carbons (Fsp3) is 0.182. The maximum absolute atomic E-state index is 13.3. The number of methoxy groups -OCH3 is 1. The Bertz CT molecular complexity index is 1080. The molecule has 1 aromatic heterocycles. The largest absolute Gasteiger partial charge is 0.503 e. The van der Waals surface area contributed by atoms with E-state index >= 15 is 0 Å². The van der Waals surface area contributed by atoms with Crippen molar-refractivity contribution in [3.05, 3.63) is 81.7 Å². The molecule has 0 fully saturated rings. The molecule has 0 saturated carbocycles.